The first-order valence-electron chi connectivity index (χ1n) is 7.56. The molecule has 0 bridgehead atoms. The summed E-state index contributed by atoms with van der Waals surface area (Å²) in [6, 6.07) is 1.22. The molecule has 0 unspecified atom stereocenters. The molecule has 2 rings (SSSR count). The molecule has 0 aliphatic carbocycles. The largest absolute Gasteiger partial charge is 0.493 e. The summed E-state index contributed by atoms with van der Waals surface area (Å²) in [6.07, 6.45) is 0. The molecule has 1 aromatic rings. The highest BCUT2D eigenvalue weighted by atomic mass is 35.5. The van der Waals surface area contributed by atoms with Crippen molar-refractivity contribution in [2.45, 2.75) is 26.5 Å². The standard InChI is InChI=1S/C16H17ClF2N2O5/c1-4-25-14(22)11-7(2)20-16(23)21-12(11)8-5-9(17)13(26-15(18)19)10(6-8)24-3/h5-6,12,15H,4H2,1-3H3,(H2,20,21,23)/t12-/m1/s1. The minimum atomic E-state index is -3.09. The number of hydrogen-bond donors (Lipinski definition) is 2. The van der Waals surface area contributed by atoms with Gasteiger partial charge in [-0.25, -0.2) is 9.59 Å². The average molecular weight is 391 g/mol. The van der Waals surface area contributed by atoms with Gasteiger partial charge in [0.05, 0.1) is 30.4 Å². The number of halogens is 3. The number of carbonyl (C=O) groups is 2. The first kappa shape index (κ1) is 19.8. The summed E-state index contributed by atoms with van der Waals surface area (Å²) in [5.74, 6) is -1.04. The lowest BCUT2D eigenvalue weighted by Crippen LogP contribution is -2.45. The van der Waals surface area contributed by atoms with Crippen molar-refractivity contribution in [1.29, 1.82) is 0 Å². The molecule has 1 heterocycles. The summed E-state index contributed by atoms with van der Waals surface area (Å²) >= 11 is 6.04. The van der Waals surface area contributed by atoms with Crippen LogP contribution in [-0.4, -0.2) is 32.3 Å². The van der Waals surface area contributed by atoms with Crippen LogP contribution in [0.3, 0.4) is 0 Å². The molecule has 1 aromatic carbocycles. The summed E-state index contributed by atoms with van der Waals surface area (Å²) in [5.41, 5.74) is 0.804. The predicted molar refractivity (Wildman–Crippen MR) is 88.4 cm³/mol. The Morgan fingerprint density at radius 3 is 2.65 bits per heavy atom. The molecular weight excluding hydrogens is 374 g/mol. The zero-order chi connectivity index (χ0) is 19.4. The lowest BCUT2D eigenvalue weighted by molar-refractivity contribution is -0.139. The molecule has 0 radical (unpaired) electrons. The highest BCUT2D eigenvalue weighted by Crippen LogP contribution is 2.40. The number of benzene rings is 1. The maximum atomic E-state index is 12.6. The fourth-order valence-corrected chi connectivity index (χ4v) is 2.80. The van der Waals surface area contributed by atoms with Crippen LogP contribution in [-0.2, 0) is 9.53 Å². The molecule has 0 saturated heterocycles. The van der Waals surface area contributed by atoms with E-state index in [1.807, 2.05) is 0 Å². The van der Waals surface area contributed by atoms with E-state index in [1.165, 1.54) is 19.2 Å². The van der Waals surface area contributed by atoms with Gasteiger partial charge in [-0.2, -0.15) is 8.78 Å². The van der Waals surface area contributed by atoms with Crippen LogP contribution in [0.25, 0.3) is 0 Å². The lowest BCUT2D eigenvalue weighted by Gasteiger charge is -2.28. The molecule has 1 atom stereocenters. The Morgan fingerprint density at radius 1 is 1.38 bits per heavy atom. The topological polar surface area (TPSA) is 85.9 Å². The second-order valence-electron chi connectivity index (χ2n) is 5.20. The number of urea groups is 1. The number of rotatable bonds is 6. The molecule has 0 aromatic heterocycles. The number of alkyl halides is 2. The molecule has 0 fully saturated rings. The van der Waals surface area contributed by atoms with Crippen molar-refractivity contribution in [3.63, 3.8) is 0 Å². The molecule has 0 saturated carbocycles. The summed E-state index contributed by atoms with van der Waals surface area (Å²) in [5, 5.41) is 4.91. The van der Waals surface area contributed by atoms with Gasteiger partial charge in [-0.05, 0) is 31.5 Å². The number of ether oxygens (including phenoxy) is 3. The molecule has 1 aliphatic rings. The Morgan fingerprint density at radius 2 is 2.08 bits per heavy atom. The molecule has 7 nitrogen and oxygen atoms in total. The van der Waals surface area contributed by atoms with Gasteiger partial charge in [0.2, 0.25) is 0 Å². The number of nitrogens with one attached hydrogen (secondary N) is 2. The molecule has 2 N–H and O–H groups in total. The summed E-state index contributed by atoms with van der Waals surface area (Å²) in [6.45, 7) is 0.240. The Bertz CT molecular complexity index is 754. The molecular formula is C16H17ClF2N2O5. The third-order valence-corrected chi connectivity index (χ3v) is 3.84. The minimum absolute atomic E-state index is 0.0681. The number of carbonyl (C=O) groups excluding carboxylic acids is 2. The Hall–Kier alpha value is -2.55. The summed E-state index contributed by atoms with van der Waals surface area (Å²) < 4.78 is 39.6. The van der Waals surface area contributed by atoms with Crippen LogP contribution in [0.1, 0.15) is 25.5 Å². The van der Waals surface area contributed by atoms with Crippen molar-refractivity contribution in [2.75, 3.05) is 13.7 Å². The summed E-state index contributed by atoms with van der Waals surface area (Å²) in [7, 11) is 1.25. The number of methoxy groups -OCH3 is 1. The minimum Gasteiger partial charge on any atom is -0.493 e. The van der Waals surface area contributed by atoms with E-state index >= 15 is 0 Å². The van der Waals surface area contributed by atoms with Crippen molar-refractivity contribution in [2.24, 2.45) is 0 Å². The maximum absolute atomic E-state index is 12.6. The quantitative estimate of drug-likeness (QED) is 0.729. The van der Waals surface area contributed by atoms with Crippen LogP contribution >= 0.6 is 11.6 Å². The van der Waals surface area contributed by atoms with Crippen LogP contribution < -0.4 is 20.1 Å². The predicted octanol–water partition coefficient (Wildman–Crippen LogP) is 3.14. The van der Waals surface area contributed by atoms with Gasteiger partial charge in [0.25, 0.3) is 0 Å². The van der Waals surface area contributed by atoms with Gasteiger partial charge < -0.3 is 24.8 Å². The van der Waals surface area contributed by atoms with Crippen LogP contribution in [0.15, 0.2) is 23.4 Å². The Kier molecular flexibility index (Phi) is 6.25. The highest BCUT2D eigenvalue weighted by Gasteiger charge is 2.33. The maximum Gasteiger partial charge on any atom is 0.387 e. The van der Waals surface area contributed by atoms with E-state index in [0.717, 1.165) is 0 Å². The molecule has 2 amide bonds. The second-order valence-corrected chi connectivity index (χ2v) is 5.61. The molecule has 142 valence electrons. The molecule has 0 spiro atoms. The fraction of sp³-hybridized carbons (Fsp3) is 0.375. The third-order valence-electron chi connectivity index (χ3n) is 3.56. The van der Waals surface area contributed by atoms with E-state index in [0.29, 0.717) is 11.3 Å². The average Bonchev–Trinajstić information content (AvgIpc) is 2.55. The second kappa shape index (κ2) is 8.22. The SMILES string of the molecule is CCOC(=O)C1=C(C)NC(=O)N[C@@H]1c1cc(Cl)c(OC(F)F)c(OC)c1. The normalized spacial score (nSPS) is 16.9. The van der Waals surface area contributed by atoms with Gasteiger partial charge in [-0.1, -0.05) is 11.6 Å². The van der Waals surface area contributed by atoms with E-state index in [4.69, 9.17) is 21.1 Å². The van der Waals surface area contributed by atoms with Gasteiger partial charge in [0, 0.05) is 5.70 Å². The smallest absolute Gasteiger partial charge is 0.387 e. The van der Waals surface area contributed by atoms with Crippen molar-refractivity contribution in [3.8, 4) is 11.5 Å². The van der Waals surface area contributed by atoms with Crippen molar-refractivity contribution in [3.05, 3.63) is 34.0 Å². The number of esters is 1. The molecule has 1 aliphatic heterocycles. The van der Waals surface area contributed by atoms with Crippen molar-refractivity contribution >= 4 is 23.6 Å². The van der Waals surface area contributed by atoms with E-state index in [1.54, 1.807) is 13.8 Å². The lowest BCUT2D eigenvalue weighted by atomic mass is 9.95. The van der Waals surface area contributed by atoms with E-state index in [-0.39, 0.29) is 28.7 Å². The van der Waals surface area contributed by atoms with Crippen molar-refractivity contribution < 1.29 is 32.6 Å². The van der Waals surface area contributed by atoms with Gasteiger partial charge in [0.15, 0.2) is 11.5 Å². The van der Waals surface area contributed by atoms with E-state index in [9.17, 15) is 18.4 Å². The van der Waals surface area contributed by atoms with E-state index in [2.05, 4.69) is 15.4 Å². The monoisotopic (exact) mass is 390 g/mol. The van der Waals surface area contributed by atoms with Crippen LogP contribution in [0, 0.1) is 0 Å². The highest BCUT2D eigenvalue weighted by molar-refractivity contribution is 6.32. The van der Waals surface area contributed by atoms with Crippen LogP contribution in [0.5, 0.6) is 11.5 Å². The Balaban J connectivity index is 2.53. The first-order valence-corrected chi connectivity index (χ1v) is 7.93. The van der Waals surface area contributed by atoms with Crippen LogP contribution in [0.4, 0.5) is 13.6 Å². The molecule has 10 heteroatoms. The number of hydrogen-bond acceptors (Lipinski definition) is 5. The fourth-order valence-electron chi connectivity index (χ4n) is 2.53. The van der Waals surface area contributed by atoms with Crippen LogP contribution in [0.2, 0.25) is 5.02 Å². The van der Waals surface area contributed by atoms with Gasteiger partial charge >= 0.3 is 18.6 Å². The Labute approximate surface area is 153 Å². The molecule has 26 heavy (non-hydrogen) atoms. The zero-order valence-corrected chi connectivity index (χ0v) is 14.9. The zero-order valence-electron chi connectivity index (χ0n) is 14.2. The number of amides is 2. The van der Waals surface area contributed by atoms with Gasteiger partial charge in [0.1, 0.15) is 0 Å². The third kappa shape index (κ3) is 4.16. The number of allylic oxidation sites excluding steroid dienone is 1. The summed E-state index contributed by atoms with van der Waals surface area (Å²) in [4.78, 5) is 24.1. The van der Waals surface area contributed by atoms with Gasteiger partial charge in [-0.3, -0.25) is 0 Å². The van der Waals surface area contributed by atoms with E-state index < -0.39 is 24.7 Å². The van der Waals surface area contributed by atoms with Crippen molar-refractivity contribution in [1.82, 2.24) is 10.6 Å². The van der Waals surface area contributed by atoms with Gasteiger partial charge in [-0.15, -0.1) is 0 Å². The first-order chi connectivity index (χ1) is 12.3.